The average Bonchev–Trinajstić information content (AvgIpc) is 2.63. The van der Waals surface area contributed by atoms with Gasteiger partial charge in [-0.05, 0) is 0 Å². The first kappa shape index (κ1) is 16.2. The number of aromatic nitrogens is 2. The summed E-state index contributed by atoms with van der Waals surface area (Å²) in [4.78, 5) is 10.8. The van der Waals surface area contributed by atoms with E-state index >= 15 is 0 Å². The van der Waals surface area contributed by atoms with E-state index in [4.69, 9.17) is 10.5 Å². The van der Waals surface area contributed by atoms with Gasteiger partial charge in [-0.1, -0.05) is 30.3 Å². The summed E-state index contributed by atoms with van der Waals surface area (Å²) in [6.45, 7) is 4.92. The molecule has 0 radical (unpaired) electrons. The van der Waals surface area contributed by atoms with Gasteiger partial charge < -0.3 is 15.8 Å². The third kappa shape index (κ3) is 3.79. The second-order valence-corrected chi connectivity index (χ2v) is 5.51. The second kappa shape index (κ2) is 7.73. The van der Waals surface area contributed by atoms with Gasteiger partial charge in [0, 0.05) is 31.7 Å². The van der Waals surface area contributed by atoms with Crippen LogP contribution in [0.15, 0.2) is 30.3 Å². The number of morpholine rings is 1. The van der Waals surface area contributed by atoms with E-state index in [0.717, 1.165) is 38.4 Å². The van der Waals surface area contributed by atoms with Crippen molar-refractivity contribution >= 4 is 11.8 Å². The first-order valence-electron chi connectivity index (χ1n) is 7.95. The van der Waals surface area contributed by atoms with E-state index in [1.165, 1.54) is 0 Å². The third-order valence-electron chi connectivity index (χ3n) is 3.91. The Morgan fingerprint density at radius 2 is 1.96 bits per heavy atom. The third-order valence-corrected chi connectivity index (χ3v) is 3.91. The second-order valence-electron chi connectivity index (χ2n) is 5.51. The van der Waals surface area contributed by atoms with Gasteiger partial charge in [-0.3, -0.25) is 4.90 Å². The molecule has 0 amide bonds. The van der Waals surface area contributed by atoms with Gasteiger partial charge in [0.25, 0.3) is 0 Å². The number of benzene rings is 1. The van der Waals surface area contributed by atoms with Gasteiger partial charge >= 0.3 is 0 Å². The van der Waals surface area contributed by atoms with Crippen molar-refractivity contribution < 1.29 is 4.74 Å². The SMILES string of the molecule is N#Cc1c(NCCN2CCOCC2)nc(N)nc1-c1ccccc1. The number of ether oxygens (including phenoxy) is 1. The van der Waals surface area contributed by atoms with Crippen LogP contribution < -0.4 is 11.1 Å². The fourth-order valence-electron chi connectivity index (χ4n) is 2.67. The van der Waals surface area contributed by atoms with Gasteiger partial charge in [0.05, 0.1) is 18.9 Å². The molecule has 0 bridgehead atoms. The molecule has 7 nitrogen and oxygen atoms in total. The van der Waals surface area contributed by atoms with Crippen molar-refractivity contribution in [3.8, 4) is 17.3 Å². The summed E-state index contributed by atoms with van der Waals surface area (Å²) in [6, 6.07) is 11.7. The summed E-state index contributed by atoms with van der Waals surface area (Å²) in [5.74, 6) is 0.638. The van der Waals surface area contributed by atoms with E-state index < -0.39 is 0 Å². The molecule has 0 aliphatic carbocycles. The van der Waals surface area contributed by atoms with Crippen LogP contribution in [0.5, 0.6) is 0 Å². The number of nitriles is 1. The Balaban J connectivity index is 1.77. The van der Waals surface area contributed by atoms with Crippen molar-refractivity contribution in [3.63, 3.8) is 0 Å². The predicted molar refractivity (Wildman–Crippen MR) is 92.3 cm³/mol. The Kier molecular flexibility index (Phi) is 5.21. The number of nitrogen functional groups attached to an aromatic ring is 1. The molecule has 1 aromatic heterocycles. The highest BCUT2D eigenvalue weighted by Crippen LogP contribution is 2.26. The monoisotopic (exact) mass is 324 g/mol. The molecule has 24 heavy (non-hydrogen) atoms. The molecule has 0 unspecified atom stereocenters. The minimum atomic E-state index is 0.154. The Morgan fingerprint density at radius 1 is 1.21 bits per heavy atom. The van der Waals surface area contributed by atoms with Crippen LogP contribution in [-0.2, 0) is 4.74 Å². The summed E-state index contributed by atoms with van der Waals surface area (Å²) in [5.41, 5.74) is 7.65. The van der Waals surface area contributed by atoms with Crippen LogP contribution in [0.4, 0.5) is 11.8 Å². The number of nitrogens with one attached hydrogen (secondary N) is 1. The zero-order valence-corrected chi connectivity index (χ0v) is 13.4. The molecule has 7 heteroatoms. The lowest BCUT2D eigenvalue weighted by Gasteiger charge is -2.26. The Bertz CT molecular complexity index is 722. The smallest absolute Gasteiger partial charge is 0.222 e. The van der Waals surface area contributed by atoms with Crippen molar-refractivity contribution in [2.45, 2.75) is 0 Å². The normalized spacial score (nSPS) is 15.0. The quantitative estimate of drug-likeness (QED) is 0.856. The molecule has 1 aromatic carbocycles. The van der Waals surface area contributed by atoms with Crippen molar-refractivity contribution in [1.82, 2.24) is 14.9 Å². The van der Waals surface area contributed by atoms with Gasteiger partial charge in [0.1, 0.15) is 17.5 Å². The molecule has 2 heterocycles. The molecule has 1 aliphatic rings. The fourth-order valence-corrected chi connectivity index (χ4v) is 2.67. The fraction of sp³-hybridized carbons (Fsp3) is 0.353. The first-order valence-corrected chi connectivity index (χ1v) is 7.95. The standard InChI is InChI=1S/C17H20N6O/c18-12-14-15(13-4-2-1-3-5-13)21-17(19)22-16(14)20-6-7-23-8-10-24-11-9-23/h1-5H,6-11H2,(H3,19,20,21,22). The first-order chi connectivity index (χ1) is 11.8. The van der Waals surface area contributed by atoms with Crippen LogP contribution in [0.2, 0.25) is 0 Å². The van der Waals surface area contributed by atoms with E-state index in [-0.39, 0.29) is 5.95 Å². The number of rotatable bonds is 5. The average molecular weight is 324 g/mol. The van der Waals surface area contributed by atoms with Gasteiger partial charge in [0.2, 0.25) is 5.95 Å². The van der Waals surface area contributed by atoms with Crippen molar-refractivity contribution in [2.75, 3.05) is 50.4 Å². The zero-order chi connectivity index (χ0) is 16.8. The molecule has 3 rings (SSSR count). The molecule has 124 valence electrons. The molecule has 1 aliphatic heterocycles. The highest BCUT2D eigenvalue weighted by molar-refractivity contribution is 5.73. The van der Waals surface area contributed by atoms with Crippen LogP contribution in [0, 0.1) is 11.3 Å². The molecule has 0 spiro atoms. The maximum Gasteiger partial charge on any atom is 0.222 e. The van der Waals surface area contributed by atoms with Crippen molar-refractivity contribution in [3.05, 3.63) is 35.9 Å². The van der Waals surface area contributed by atoms with Gasteiger partial charge in [-0.25, -0.2) is 4.98 Å². The predicted octanol–water partition coefficient (Wildman–Crippen LogP) is 1.34. The molecule has 2 aromatic rings. The highest BCUT2D eigenvalue weighted by Gasteiger charge is 2.15. The van der Waals surface area contributed by atoms with E-state index in [1.54, 1.807) is 0 Å². The number of hydrogen-bond acceptors (Lipinski definition) is 7. The van der Waals surface area contributed by atoms with Crippen LogP contribution in [-0.4, -0.2) is 54.3 Å². The Labute approximate surface area is 141 Å². The zero-order valence-electron chi connectivity index (χ0n) is 13.4. The largest absolute Gasteiger partial charge is 0.379 e. The maximum atomic E-state index is 9.56. The van der Waals surface area contributed by atoms with Gasteiger partial charge in [0.15, 0.2) is 0 Å². The number of nitrogens with two attached hydrogens (primary N) is 1. The van der Waals surface area contributed by atoms with Crippen LogP contribution >= 0.6 is 0 Å². The van der Waals surface area contributed by atoms with E-state index in [9.17, 15) is 5.26 Å². The molecule has 0 atom stereocenters. The molecular weight excluding hydrogens is 304 g/mol. The van der Waals surface area contributed by atoms with Crippen LogP contribution in [0.3, 0.4) is 0 Å². The Hall–Kier alpha value is -2.69. The summed E-state index contributed by atoms with van der Waals surface area (Å²) < 4.78 is 5.34. The van der Waals surface area contributed by atoms with Gasteiger partial charge in [-0.15, -0.1) is 0 Å². The minimum Gasteiger partial charge on any atom is -0.379 e. The molecule has 1 fully saturated rings. The molecule has 1 saturated heterocycles. The molecule has 0 saturated carbocycles. The maximum absolute atomic E-state index is 9.56. The molecule has 3 N–H and O–H groups in total. The summed E-state index contributed by atoms with van der Waals surface area (Å²) in [7, 11) is 0. The summed E-state index contributed by atoms with van der Waals surface area (Å²) in [6.07, 6.45) is 0. The summed E-state index contributed by atoms with van der Waals surface area (Å²) in [5, 5.41) is 12.8. The van der Waals surface area contributed by atoms with E-state index in [1.807, 2.05) is 30.3 Å². The molecular formula is C17H20N6O. The van der Waals surface area contributed by atoms with E-state index in [0.29, 0.717) is 23.6 Å². The van der Waals surface area contributed by atoms with Crippen molar-refractivity contribution in [1.29, 1.82) is 5.26 Å². The number of anilines is 2. The Morgan fingerprint density at radius 3 is 2.67 bits per heavy atom. The van der Waals surface area contributed by atoms with Crippen LogP contribution in [0.1, 0.15) is 5.56 Å². The topological polar surface area (TPSA) is 100 Å². The minimum absolute atomic E-state index is 0.154. The summed E-state index contributed by atoms with van der Waals surface area (Å²) >= 11 is 0. The van der Waals surface area contributed by atoms with Crippen LogP contribution in [0.25, 0.3) is 11.3 Å². The van der Waals surface area contributed by atoms with E-state index in [2.05, 4.69) is 26.3 Å². The lowest BCUT2D eigenvalue weighted by molar-refractivity contribution is 0.0398. The van der Waals surface area contributed by atoms with Gasteiger partial charge in [-0.2, -0.15) is 10.2 Å². The number of hydrogen-bond donors (Lipinski definition) is 2. The lowest BCUT2D eigenvalue weighted by atomic mass is 10.1. The number of nitrogens with zero attached hydrogens (tertiary/aromatic N) is 4. The van der Waals surface area contributed by atoms with Crippen molar-refractivity contribution in [2.24, 2.45) is 0 Å². The lowest BCUT2D eigenvalue weighted by Crippen LogP contribution is -2.39. The highest BCUT2D eigenvalue weighted by atomic mass is 16.5.